The lowest BCUT2D eigenvalue weighted by Crippen LogP contribution is -1.99. The molecule has 0 saturated carbocycles. The molecule has 0 radical (unpaired) electrons. The van der Waals surface area contributed by atoms with E-state index in [1.54, 1.807) is 0 Å². The summed E-state index contributed by atoms with van der Waals surface area (Å²) in [6.45, 7) is 0. The molecule has 0 unspecified atom stereocenters. The Morgan fingerprint density at radius 2 is 2.08 bits per heavy atom. The SMILES string of the molecule is O=C(O)CCCc1ncncn1. The highest BCUT2D eigenvalue weighted by Gasteiger charge is 1.98. The highest BCUT2D eigenvalue weighted by atomic mass is 16.4. The molecule has 0 aromatic carbocycles. The third kappa shape index (κ3) is 3.05. The van der Waals surface area contributed by atoms with Crippen LogP contribution >= 0.6 is 0 Å². The third-order valence-corrected chi connectivity index (χ3v) is 1.34. The fourth-order valence-electron chi connectivity index (χ4n) is 0.790. The molecule has 1 heterocycles. The van der Waals surface area contributed by atoms with E-state index < -0.39 is 5.97 Å². The first-order valence-electron chi connectivity index (χ1n) is 3.61. The summed E-state index contributed by atoms with van der Waals surface area (Å²) in [6.07, 6.45) is 4.13. The first kappa shape index (κ1) is 8.58. The average molecular weight is 167 g/mol. The molecule has 1 aromatic heterocycles. The van der Waals surface area contributed by atoms with Gasteiger partial charge in [-0.05, 0) is 6.42 Å². The maximum absolute atomic E-state index is 10.1. The molecule has 0 aliphatic carbocycles. The molecule has 0 fully saturated rings. The fourth-order valence-corrected chi connectivity index (χ4v) is 0.790. The normalized spacial score (nSPS) is 9.67. The van der Waals surface area contributed by atoms with Gasteiger partial charge in [0.2, 0.25) is 0 Å². The second-order valence-electron chi connectivity index (χ2n) is 2.30. The molecular formula is C7H9N3O2. The van der Waals surface area contributed by atoms with E-state index in [1.807, 2.05) is 0 Å². The summed E-state index contributed by atoms with van der Waals surface area (Å²) < 4.78 is 0. The van der Waals surface area contributed by atoms with Crippen LogP contribution in [0.1, 0.15) is 18.7 Å². The summed E-state index contributed by atoms with van der Waals surface area (Å²) in [7, 11) is 0. The maximum atomic E-state index is 10.1. The van der Waals surface area contributed by atoms with Crippen molar-refractivity contribution in [2.75, 3.05) is 0 Å². The third-order valence-electron chi connectivity index (χ3n) is 1.34. The van der Waals surface area contributed by atoms with Crippen LogP contribution in [0.2, 0.25) is 0 Å². The van der Waals surface area contributed by atoms with Crippen molar-refractivity contribution in [2.45, 2.75) is 19.3 Å². The number of hydrogen-bond donors (Lipinski definition) is 1. The largest absolute Gasteiger partial charge is 0.481 e. The zero-order valence-corrected chi connectivity index (χ0v) is 6.47. The summed E-state index contributed by atoms with van der Waals surface area (Å²) in [4.78, 5) is 21.5. The predicted octanol–water partition coefficient (Wildman–Crippen LogP) is 0.279. The van der Waals surface area contributed by atoms with Gasteiger partial charge in [0.25, 0.3) is 0 Å². The van der Waals surface area contributed by atoms with Crippen molar-refractivity contribution < 1.29 is 9.90 Å². The van der Waals surface area contributed by atoms with Gasteiger partial charge in [-0.2, -0.15) is 0 Å². The van der Waals surface area contributed by atoms with Crippen LogP contribution in [0.3, 0.4) is 0 Å². The molecule has 0 spiro atoms. The van der Waals surface area contributed by atoms with Crippen molar-refractivity contribution in [3.63, 3.8) is 0 Å². The van der Waals surface area contributed by atoms with Crippen LogP contribution in [0.5, 0.6) is 0 Å². The smallest absolute Gasteiger partial charge is 0.303 e. The summed E-state index contributed by atoms with van der Waals surface area (Å²) in [5.41, 5.74) is 0. The molecule has 0 aliphatic heterocycles. The number of nitrogens with zero attached hydrogens (tertiary/aromatic N) is 3. The molecule has 1 rings (SSSR count). The number of aromatic nitrogens is 3. The lowest BCUT2D eigenvalue weighted by molar-refractivity contribution is -0.137. The fraction of sp³-hybridized carbons (Fsp3) is 0.429. The van der Waals surface area contributed by atoms with Crippen LogP contribution in [0.25, 0.3) is 0 Å². The Morgan fingerprint density at radius 1 is 1.42 bits per heavy atom. The van der Waals surface area contributed by atoms with Gasteiger partial charge in [-0.25, -0.2) is 15.0 Å². The second kappa shape index (κ2) is 4.38. The van der Waals surface area contributed by atoms with E-state index >= 15 is 0 Å². The summed E-state index contributed by atoms with van der Waals surface area (Å²) in [5, 5.41) is 8.34. The molecule has 0 bridgehead atoms. The highest BCUT2D eigenvalue weighted by Crippen LogP contribution is 1.96. The monoisotopic (exact) mass is 167 g/mol. The minimum Gasteiger partial charge on any atom is -0.481 e. The maximum Gasteiger partial charge on any atom is 0.303 e. The van der Waals surface area contributed by atoms with E-state index in [9.17, 15) is 4.79 Å². The van der Waals surface area contributed by atoms with Crippen LogP contribution in [0.4, 0.5) is 0 Å². The van der Waals surface area contributed by atoms with Crippen molar-refractivity contribution >= 4 is 5.97 Å². The van der Waals surface area contributed by atoms with Crippen molar-refractivity contribution in [3.8, 4) is 0 Å². The zero-order valence-electron chi connectivity index (χ0n) is 6.47. The number of carbonyl (C=O) groups is 1. The van der Waals surface area contributed by atoms with Crippen molar-refractivity contribution in [2.24, 2.45) is 0 Å². The van der Waals surface area contributed by atoms with Crippen LogP contribution in [-0.4, -0.2) is 26.0 Å². The van der Waals surface area contributed by atoms with Crippen LogP contribution in [0, 0.1) is 0 Å². The summed E-state index contributed by atoms with van der Waals surface area (Å²) in [6, 6.07) is 0. The Kier molecular flexibility index (Phi) is 3.13. The number of aliphatic carboxylic acids is 1. The van der Waals surface area contributed by atoms with E-state index in [4.69, 9.17) is 5.11 Å². The minimum absolute atomic E-state index is 0.158. The van der Waals surface area contributed by atoms with Gasteiger partial charge < -0.3 is 5.11 Å². The van der Waals surface area contributed by atoms with Gasteiger partial charge >= 0.3 is 5.97 Å². The Morgan fingerprint density at radius 3 is 2.67 bits per heavy atom. The van der Waals surface area contributed by atoms with E-state index in [2.05, 4.69) is 15.0 Å². The number of hydrogen-bond acceptors (Lipinski definition) is 4. The van der Waals surface area contributed by atoms with Gasteiger partial charge in [0.1, 0.15) is 18.5 Å². The molecule has 1 N–H and O–H groups in total. The molecule has 1 aromatic rings. The summed E-state index contributed by atoms with van der Waals surface area (Å²) >= 11 is 0. The molecule has 0 atom stereocenters. The van der Waals surface area contributed by atoms with E-state index in [0.29, 0.717) is 18.7 Å². The van der Waals surface area contributed by atoms with Crippen molar-refractivity contribution in [1.82, 2.24) is 15.0 Å². The number of carboxylic acid groups (broad SMARTS) is 1. The van der Waals surface area contributed by atoms with Crippen LogP contribution in [0.15, 0.2) is 12.7 Å². The molecule has 5 nitrogen and oxygen atoms in total. The average Bonchev–Trinajstić information content (AvgIpc) is 2.05. The van der Waals surface area contributed by atoms with Crippen LogP contribution < -0.4 is 0 Å². The van der Waals surface area contributed by atoms with E-state index in [1.165, 1.54) is 12.7 Å². The van der Waals surface area contributed by atoms with Gasteiger partial charge in [-0.3, -0.25) is 4.79 Å². The zero-order chi connectivity index (χ0) is 8.81. The van der Waals surface area contributed by atoms with Gasteiger partial charge in [-0.1, -0.05) is 0 Å². The molecule has 0 amide bonds. The number of rotatable bonds is 4. The van der Waals surface area contributed by atoms with E-state index in [0.717, 1.165) is 0 Å². The molecular weight excluding hydrogens is 158 g/mol. The first-order chi connectivity index (χ1) is 5.79. The number of carboxylic acids is 1. The topological polar surface area (TPSA) is 76.0 Å². The molecule has 5 heteroatoms. The van der Waals surface area contributed by atoms with Gasteiger partial charge in [0.15, 0.2) is 0 Å². The first-order valence-corrected chi connectivity index (χ1v) is 3.61. The molecule has 64 valence electrons. The minimum atomic E-state index is -0.788. The Labute approximate surface area is 69.5 Å². The quantitative estimate of drug-likeness (QED) is 0.696. The second-order valence-corrected chi connectivity index (χ2v) is 2.30. The van der Waals surface area contributed by atoms with Crippen molar-refractivity contribution in [3.05, 3.63) is 18.5 Å². The predicted molar refractivity (Wildman–Crippen MR) is 40.4 cm³/mol. The number of aryl methyl sites for hydroxylation is 1. The summed E-state index contributed by atoms with van der Waals surface area (Å²) in [5.74, 6) is -0.143. The lowest BCUT2D eigenvalue weighted by atomic mass is 10.2. The molecule has 0 saturated heterocycles. The van der Waals surface area contributed by atoms with Gasteiger partial charge in [0.05, 0.1) is 0 Å². The Hall–Kier alpha value is -1.52. The Bertz CT molecular complexity index is 250. The standard InChI is InChI=1S/C7H9N3O2/c11-7(12)3-1-2-6-9-4-8-5-10-6/h4-5H,1-3H2,(H,11,12). The van der Waals surface area contributed by atoms with Gasteiger partial charge in [0, 0.05) is 12.8 Å². The van der Waals surface area contributed by atoms with E-state index in [-0.39, 0.29) is 6.42 Å². The molecule has 12 heavy (non-hydrogen) atoms. The Balaban J connectivity index is 2.29. The van der Waals surface area contributed by atoms with Crippen LogP contribution in [-0.2, 0) is 11.2 Å². The van der Waals surface area contributed by atoms with Crippen molar-refractivity contribution in [1.29, 1.82) is 0 Å². The molecule has 0 aliphatic rings. The lowest BCUT2D eigenvalue weighted by Gasteiger charge is -1.94. The van der Waals surface area contributed by atoms with Gasteiger partial charge in [-0.15, -0.1) is 0 Å². The highest BCUT2D eigenvalue weighted by molar-refractivity contribution is 5.66.